The molecule has 4 rings (SSSR count). The van der Waals surface area contributed by atoms with Gasteiger partial charge in [0.1, 0.15) is 0 Å². The fraction of sp³-hybridized carbons (Fsp3) is 0.412. The number of rotatable bonds is 0. The lowest BCUT2D eigenvalue weighted by Gasteiger charge is -2.45. The van der Waals surface area contributed by atoms with Crippen LogP contribution in [0, 0.1) is 0 Å². The fourth-order valence-electron chi connectivity index (χ4n) is 4.01. The number of carbonyl (C=O) groups excluding carboxylic acids is 1. The molecule has 1 aliphatic carbocycles. The first-order valence-electron chi connectivity index (χ1n) is 7.61. The molecule has 0 saturated heterocycles. The van der Waals surface area contributed by atoms with Gasteiger partial charge in [-0.05, 0) is 30.4 Å². The molecule has 108 valence electrons. The van der Waals surface area contributed by atoms with E-state index in [1.165, 1.54) is 11.1 Å². The second-order valence-electron chi connectivity index (χ2n) is 6.01. The summed E-state index contributed by atoms with van der Waals surface area (Å²) >= 11 is 0. The van der Waals surface area contributed by atoms with Gasteiger partial charge in [-0.15, -0.1) is 0 Å². The van der Waals surface area contributed by atoms with Gasteiger partial charge in [0, 0.05) is 25.1 Å². The van der Waals surface area contributed by atoms with Crippen molar-refractivity contribution in [2.75, 3.05) is 6.54 Å². The molecule has 4 nitrogen and oxygen atoms in total. The molecule has 1 unspecified atom stereocenters. The second-order valence-corrected chi connectivity index (χ2v) is 6.01. The van der Waals surface area contributed by atoms with Gasteiger partial charge in [0.25, 0.3) is 0 Å². The molecule has 0 saturated carbocycles. The number of allylic oxidation sites excluding steroid dienone is 2. The highest BCUT2D eigenvalue weighted by Crippen LogP contribution is 2.43. The molecule has 2 heterocycles. The van der Waals surface area contributed by atoms with Crippen LogP contribution in [0.5, 0.6) is 0 Å². The van der Waals surface area contributed by atoms with Crippen LogP contribution < -0.4 is 0 Å². The first kappa shape index (κ1) is 12.6. The normalized spacial score (nSPS) is 26.5. The van der Waals surface area contributed by atoms with Crippen molar-refractivity contribution in [1.29, 1.82) is 0 Å². The van der Waals surface area contributed by atoms with Crippen molar-refractivity contribution in [3.63, 3.8) is 0 Å². The van der Waals surface area contributed by atoms with E-state index in [4.69, 9.17) is 0 Å². The van der Waals surface area contributed by atoms with Crippen molar-refractivity contribution >= 4 is 11.5 Å². The maximum atomic E-state index is 12.2. The summed E-state index contributed by atoms with van der Waals surface area (Å²) in [6.45, 7) is 0.951. The van der Waals surface area contributed by atoms with Crippen LogP contribution in [-0.2, 0) is 11.2 Å². The summed E-state index contributed by atoms with van der Waals surface area (Å²) in [7, 11) is 0. The Labute approximate surface area is 123 Å². The lowest BCUT2D eigenvalue weighted by atomic mass is 9.79. The Morgan fingerprint density at radius 2 is 2.05 bits per heavy atom. The lowest BCUT2D eigenvalue weighted by molar-refractivity contribution is -0.115. The van der Waals surface area contributed by atoms with Gasteiger partial charge in [0.15, 0.2) is 5.78 Å². The largest absolute Gasteiger partial charge is 0.411 e. The van der Waals surface area contributed by atoms with Crippen molar-refractivity contribution < 1.29 is 10.0 Å². The number of benzene rings is 1. The Morgan fingerprint density at radius 1 is 1.19 bits per heavy atom. The minimum atomic E-state index is 0.140. The van der Waals surface area contributed by atoms with Crippen LogP contribution in [0.3, 0.4) is 0 Å². The molecular formula is C17H18N2O2. The Kier molecular flexibility index (Phi) is 2.84. The number of hydrogen-bond acceptors (Lipinski definition) is 4. The average Bonchev–Trinajstić information content (AvgIpc) is 2.54. The molecule has 0 amide bonds. The molecule has 3 aliphatic rings. The molecule has 21 heavy (non-hydrogen) atoms. The van der Waals surface area contributed by atoms with Crippen LogP contribution in [0.4, 0.5) is 0 Å². The van der Waals surface area contributed by atoms with Gasteiger partial charge in [-0.2, -0.15) is 0 Å². The molecule has 0 bridgehead atoms. The van der Waals surface area contributed by atoms with Gasteiger partial charge in [0.05, 0.1) is 17.3 Å². The van der Waals surface area contributed by atoms with E-state index in [2.05, 4.69) is 34.3 Å². The molecular weight excluding hydrogens is 264 g/mol. The van der Waals surface area contributed by atoms with Crippen LogP contribution in [0.15, 0.2) is 40.7 Å². The van der Waals surface area contributed by atoms with Gasteiger partial charge >= 0.3 is 0 Å². The van der Waals surface area contributed by atoms with E-state index >= 15 is 0 Å². The van der Waals surface area contributed by atoms with Gasteiger partial charge < -0.3 is 10.1 Å². The summed E-state index contributed by atoms with van der Waals surface area (Å²) in [5.74, 6) is 0.140. The minimum Gasteiger partial charge on any atom is -0.411 e. The van der Waals surface area contributed by atoms with E-state index in [0.29, 0.717) is 24.1 Å². The standard InChI is InChI=1S/C17H18N2O2/c20-16-7-3-6-14-17(16)13(18-21)10-15-12-5-2-1-4-11(12)8-9-19(14)15/h1-2,4-5,15,21H,3,6-10H2/b18-13+. The Balaban J connectivity index is 1.86. The molecule has 1 aromatic rings. The van der Waals surface area contributed by atoms with Crippen LogP contribution in [0.25, 0.3) is 0 Å². The molecule has 4 heteroatoms. The summed E-state index contributed by atoms with van der Waals surface area (Å²) in [5.41, 5.74) is 5.06. The third-order valence-corrected chi connectivity index (χ3v) is 4.94. The van der Waals surface area contributed by atoms with Crippen molar-refractivity contribution in [1.82, 2.24) is 4.90 Å². The highest BCUT2D eigenvalue weighted by Gasteiger charge is 2.39. The highest BCUT2D eigenvalue weighted by atomic mass is 16.4. The maximum Gasteiger partial charge on any atom is 0.166 e. The zero-order valence-electron chi connectivity index (χ0n) is 11.9. The van der Waals surface area contributed by atoms with Crippen molar-refractivity contribution in [3.05, 3.63) is 46.7 Å². The van der Waals surface area contributed by atoms with Gasteiger partial charge in [-0.3, -0.25) is 4.79 Å². The summed E-state index contributed by atoms with van der Waals surface area (Å²) in [5, 5.41) is 12.8. The number of hydrogen-bond donors (Lipinski definition) is 1. The number of Topliss-reactive ketones (excluding diaryl/α,β-unsaturated/α-hetero) is 1. The Morgan fingerprint density at radius 3 is 2.90 bits per heavy atom. The van der Waals surface area contributed by atoms with E-state index < -0.39 is 0 Å². The quantitative estimate of drug-likeness (QED) is 0.588. The molecule has 2 aliphatic heterocycles. The maximum absolute atomic E-state index is 12.2. The topological polar surface area (TPSA) is 52.9 Å². The number of ketones is 1. The molecule has 1 atom stereocenters. The van der Waals surface area contributed by atoms with Crippen LogP contribution in [0.2, 0.25) is 0 Å². The predicted molar refractivity (Wildman–Crippen MR) is 79.3 cm³/mol. The van der Waals surface area contributed by atoms with Crippen LogP contribution in [0.1, 0.15) is 42.9 Å². The van der Waals surface area contributed by atoms with Gasteiger partial charge in [0.2, 0.25) is 0 Å². The average molecular weight is 282 g/mol. The van der Waals surface area contributed by atoms with Crippen molar-refractivity contribution in [3.8, 4) is 0 Å². The van der Waals surface area contributed by atoms with E-state index in [-0.39, 0.29) is 11.8 Å². The number of fused-ring (bicyclic) bond motifs is 4. The second kappa shape index (κ2) is 4.72. The molecule has 0 fully saturated rings. The van der Waals surface area contributed by atoms with Crippen molar-refractivity contribution in [2.24, 2.45) is 5.16 Å². The number of nitrogens with zero attached hydrogens (tertiary/aromatic N) is 2. The number of oxime groups is 1. The monoisotopic (exact) mass is 282 g/mol. The molecule has 0 radical (unpaired) electrons. The smallest absolute Gasteiger partial charge is 0.166 e. The number of carbonyl (C=O) groups is 1. The SMILES string of the molecule is O=C1CCCC2=C1/C(=N/O)CC1c3ccccc3CCN21. The fourth-order valence-corrected chi connectivity index (χ4v) is 4.01. The van der Waals surface area contributed by atoms with E-state index in [1.54, 1.807) is 0 Å². The molecule has 0 spiro atoms. The Hall–Kier alpha value is -2.10. The molecule has 1 aromatic carbocycles. The molecule has 1 N–H and O–H groups in total. The zero-order valence-corrected chi connectivity index (χ0v) is 11.9. The van der Waals surface area contributed by atoms with Gasteiger partial charge in [-0.25, -0.2) is 0 Å². The van der Waals surface area contributed by atoms with E-state index in [1.807, 2.05) is 0 Å². The lowest BCUT2D eigenvalue weighted by Crippen LogP contribution is -2.43. The van der Waals surface area contributed by atoms with Crippen LogP contribution >= 0.6 is 0 Å². The van der Waals surface area contributed by atoms with E-state index in [0.717, 1.165) is 31.5 Å². The summed E-state index contributed by atoms with van der Waals surface area (Å²) in [6, 6.07) is 8.70. The third kappa shape index (κ3) is 1.82. The summed E-state index contributed by atoms with van der Waals surface area (Å²) < 4.78 is 0. The minimum absolute atomic E-state index is 0.140. The van der Waals surface area contributed by atoms with Crippen LogP contribution in [-0.4, -0.2) is 28.1 Å². The predicted octanol–water partition coefficient (Wildman–Crippen LogP) is 2.83. The van der Waals surface area contributed by atoms with Crippen molar-refractivity contribution in [2.45, 2.75) is 38.1 Å². The first-order valence-corrected chi connectivity index (χ1v) is 7.61. The summed E-state index contributed by atoms with van der Waals surface area (Å²) in [6.07, 6.45) is 4.04. The van der Waals surface area contributed by atoms with Gasteiger partial charge in [-0.1, -0.05) is 29.4 Å². The third-order valence-electron chi connectivity index (χ3n) is 4.94. The zero-order chi connectivity index (χ0) is 14.4. The summed E-state index contributed by atoms with van der Waals surface area (Å²) in [4.78, 5) is 14.6. The van der Waals surface area contributed by atoms with E-state index in [9.17, 15) is 10.0 Å². The molecule has 0 aromatic heterocycles. The highest BCUT2D eigenvalue weighted by molar-refractivity contribution is 6.23. The Bertz CT molecular complexity index is 675. The first-order chi connectivity index (χ1) is 10.3.